The summed E-state index contributed by atoms with van der Waals surface area (Å²) in [7, 11) is 0. The molecule has 2 rings (SSSR count). The van der Waals surface area contributed by atoms with E-state index in [1.54, 1.807) is 24.3 Å². The second kappa shape index (κ2) is 6.82. The fraction of sp³-hybridized carbons (Fsp3) is 0. The number of amides is 1. The van der Waals surface area contributed by atoms with Crippen molar-refractivity contribution in [2.45, 2.75) is 0 Å². The second-order valence-corrected chi connectivity index (χ2v) is 4.37. The van der Waals surface area contributed by atoms with Crippen molar-refractivity contribution in [3.05, 3.63) is 69.3 Å². The molecule has 0 unspecified atom stereocenters. The average molecular weight is 309 g/mol. The van der Waals surface area contributed by atoms with Crippen molar-refractivity contribution in [3.8, 4) is 11.8 Å². The van der Waals surface area contributed by atoms with E-state index in [0.717, 1.165) is 18.2 Å². The predicted molar refractivity (Wildman–Crippen MR) is 78.8 cm³/mol. The first kappa shape index (κ1) is 15.7. The van der Waals surface area contributed by atoms with Crippen LogP contribution in [0.5, 0.6) is 5.75 Å². The highest BCUT2D eigenvalue weighted by atomic mass is 16.6. The van der Waals surface area contributed by atoms with Gasteiger partial charge in [0.25, 0.3) is 11.6 Å². The van der Waals surface area contributed by atoms with Crippen LogP contribution < -0.4 is 10.5 Å². The van der Waals surface area contributed by atoms with E-state index in [2.05, 4.69) is 10.5 Å². The Morgan fingerprint density at radius 1 is 1.26 bits per heavy atom. The standard InChI is InChI=1S/C15H10N4O4/c16-8-10-1-3-11(4-2-10)9-17-18-15(21)13-7-12(19(22)23)5-6-14(13)20/h1-7,9,20H,(H,18,21)/p-1/b17-9-. The zero-order chi connectivity index (χ0) is 16.8. The molecule has 23 heavy (non-hydrogen) atoms. The molecule has 0 bridgehead atoms. The summed E-state index contributed by atoms with van der Waals surface area (Å²) in [4.78, 5) is 21.8. The molecule has 0 atom stereocenters. The Labute approximate surface area is 130 Å². The van der Waals surface area contributed by atoms with Crippen molar-refractivity contribution in [1.82, 2.24) is 5.43 Å². The Bertz CT molecular complexity index is 822. The monoisotopic (exact) mass is 309 g/mol. The number of non-ortho nitro benzene ring substituents is 1. The fourth-order valence-corrected chi connectivity index (χ4v) is 1.68. The molecule has 2 aromatic rings. The Hall–Kier alpha value is -3.73. The van der Waals surface area contributed by atoms with Gasteiger partial charge >= 0.3 is 0 Å². The molecule has 114 valence electrons. The summed E-state index contributed by atoms with van der Waals surface area (Å²) in [5.74, 6) is -1.48. The molecule has 0 aromatic heterocycles. The zero-order valence-corrected chi connectivity index (χ0v) is 11.6. The molecule has 8 heteroatoms. The van der Waals surface area contributed by atoms with Crippen LogP contribution in [0.3, 0.4) is 0 Å². The van der Waals surface area contributed by atoms with E-state index in [-0.39, 0.29) is 11.3 Å². The number of nitro benzene ring substituents is 1. The molecule has 8 nitrogen and oxygen atoms in total. The number of nitrogens with one attached hydrogen (secondary N) is 1. The number of nitriles is 1. The minimum absolute atomic E-state index is 0.356. The summed E-state index contributed by atoms with van der Waals surface area (Å²) in [5, 5.41) is 34.6. The molecule has 0 saturated heterocycles. The van der Waals surface area contributed by atoms with Crippen molar-refractivity contribution in [2.75, 3.05) is 0 Å². The van der Waals surface area contributed by atoms with Crippen LogP contribution in [0.25, 0.3) is 0 Å². The third-order valence-electron chi connectivity index (χ3n) is 2.84. The van der Waals surface area contributed by atoms with Gasteiger partial charge in [0.1, 0.15) is 0 Å². The molecule has 0 saturated carbocycles. The lowest BCUT2D eigenvalue weighted by Gasteiger charge is -2.10. The number of carbonyl (C=O) groups excluding carboxylic acids is 1. The molecule has 1 N–H and O–H groups in total. The summed E-state index contributed by atoms with van der Waals surface area (Å²) >= 11 is 0. The Morgan fingerprint density at radius 2 is 1.96 bits per heavy atom. The number of hydrogen-bond donors (Lipinski definition) is 1. The van der Waals surface area contributed by atoms with E-state index in [4.69, 9.17) is 5.26 Å². The van der Waals surface area contributed by atoms with Gasteiger partial charge in [-0.25, -0.2) is 5.43 Å². The van der Waals surface area contributed by atoms with Gasteiger partial charge < -0.3 is 5.11 Å². The number of nitro groups is 1. The van der Waals surface area contributed by atoms with E-state index >= 15 is 0 Å². The Kier molecular flexibility index (Phi) is 4.64. The molecule has 1 amide bonds. The van der Waals surface area contributed by atoms with Crippen molar-refractivity contribution in [2.24, 2.45) is 5.10 Å². The summed E-state index contributed by atoms with van der Waals surface area (Å²) in [5.41, 5.74) is 2.52. The van der Waals surface area contributed by atoms with Crippen molar-refractivity contribution in [3.63, 3.8) is 0 Å². The molecule has 0 spiro atoms. The number of carbonyl (C=O) groups is 1. The van der Waals surface area contributed by atoms with E-state index in [9.17, 15) is 20.0 Å². The normalized spacial score (nSPS) is 10.2. The molecule has 2 aromatic carbocycles. The first-order chi connectivity index (χ1) is 11.0. The van der Waals surface area contributed by atoms with Crippen LogP contribution in [0.1, 0.15) is 21.5 Å². The summed E-state index contributed by atoms with van der Waals surface area (Å²) in [6.45, 7) is 0. The topological polar surface area (TPSA) is 131 Å². The minimum atomic E-state index is -0.844. The third-order valence-corrected chi connectivity index (χ3v) is 2.84. The van der Waals surface area contributed by atoms with Crippen LogP contribution in [0, 0.1) is 21.4 Å². The number of nitrogens with zero attached hydrogens (tertiary/aromatic N) is 3. The minimum Gasteiger partial charge on any atom is -0.872 e. The van der Waals surface area contributed by atoms with Crippen LogP contribution in [0.2, 0.25) is 0 Å². The highest BCUT2D eigenvalue weighted by Crippen LogP contribution is 2.20. The lowest BCUT2D eigenvalue weighted by atomic mass is 10.1. The van der Waals surface area contributed by atoms with Gasteiger partial charge in [0.2, 0.25) is 0 Å². The predicted octanol–water partition coefficient (Wildman–Crippen LogP) is 1.30. The lowest BCUT2D eigenvalue weighted by Crippen LogP contribution is -2.19. The molecule has 0 aliphatic carbocycles. The van der Waals surface area contributed by atoms with Crippen LogP contribution in [-0.4, -0.2) is 17.0 Å². The largest absolute Gasteiger partial charge is 0.872 e. The molecule has 0 aliphatic heterocycles. The van der Waals surface area contributed by atoms with Crippen molar-refractivity contribution in [1.29, 1.82) is 5.26 Å². The quantitative estimate of drug-likeness (QED) is 0.516. The lowest BCUT2D eigenvalue weighted by molar-refractivity contribution is -0.385. The van der Waals surface area contributed by atoms with Gasteiger partial charge in [-0.15, -0.1) is 0 Å². The van der Waals surface area contributed by atoms with E-state index in [1.165, 1.54) is 6.21 Å². The van der Waals surface area contributed by atoms with Gasteiger partial charge in [0, 0.05) is 17.7 Å². The first-order valence-electron chi connectivity index (χ1n) is 6.30. The number of rotatable bonds is 4. The van der Waals surface area contributed by atoms with E-state index < -0.39 is 16.6 Å². The second-order valence-electron chi connectivity index (χ2n) is 4.37. The average Bonchev–Trinajstić information content (AvgIpc) is 2.55. The van der Waals surface area contributed by atoms with Gasteiger partial charge in [0.15, 0.2) is 0 Å². The van der Waals surface area contributed by atoms with Crippen LogP contribution in [0.15, 0.2) is 47.6 Å². The highest BCUT2D eigenvalue weighted by Gasteiger charge is 2.12. The number of hydrogen-bond acceptors (Lipinski definition) is 6. The van der Waals surface area contributed by atoms with E-state index in [0.29, 0.717) is 11.1 Å². The number of benzene rings is 2. The molecule has 0 fully saturated rings. The smallest absolute Gasteiger partial charge is 0.270 e. The van der Waals surface area contributed by atoms with E-state index in [1.807, 2.05) is 6.07 Å². The molecular formula is C15H9N4O4-. The first-order valence-corrected chi connectivity index (χ1v) is 6.30. The maximum Gasteiger partial charge on any atom is 0.270 e. The molecule has 0 heterocycles. The summed E-state index contributed by atoms with van der Waals surface area (Å²) in [6, 6.07) is 11.3. The third kappa shape index (κ3) is 3.89. The molecule has 0 aliphatic rings. The van der Waals surface area contributed by atoms with Gasteiger partial charge in [-0.1, -0.05) is 23.9 Å². The van der Waals surface area contributed by atoms with Gasteiger partial charge in [-0.05, 0) is 17.7 Å². The zero-order valence-electron chi connectivity index (χ0n) is 11.6. The summed E-state index contributed by atoms with van der Waals surface area (Å²) < 4.78 is 0. The van der Waals surface area contributed by atoms with Gasteiger partial charge in [0.05, 0.1) is 22.8 Å². The Morgan fingerprint density at radius 3 is 2.57 bits per heavy atom. The maximum atomic E-state index is 11.8. The van der Waals surface area contributed by atoms with Crippen molar-refractivity contribution >= 4 is 17.8 Å². The summed E-state index contributed by atoms with van der Waals surface area (Å²) in [6.07, 6.45) is 1.32. The molecule has 0 radical (unpaired) electrons. The van der Waals surface area contributed by atoms with Crippen LogP contribution >= 0.6 is 0 Å². The molecular weight excluding hydrogens is 300 g/mol. The Balaban J connectivity index is 2.10. The van der Waals surface area contributed by atoms with Crippen LogP contribution in [0.4, 0.5) is 5.69 Å². The SMILES string of the molecule is N#Cc1ccc(/C=N\NC(=O)c2cc([N+](=O)[O-])ccc2[O-])cc1. The van der Waals surface area contributed by atoms with Crippen molar-refractivity contribution < 1.29 is 14.8 Å². The highest BCUT2D eigenvalue weighted by molar-refractivity contribution is 5.97. The van der Waals surface area contributed by atoms with Gasteiger partial charge in [-0.2, -0.15) is 10.4 Å². The maximum absolute atomic E-state index is 11.8. The van der Waals surface area contributed by atoms with Gasteiger partial charge in [-0.3, -0.25) is 14.9 Å². The number of hydrazone groups is 1. The van der Waals surface area contributed by atoms with Crippen LogP contribution in [-0.2, 0) is 0 Å². The fourth-order valence-electron chi connectivity index (χ4n) is 1.68.